The fourth-order valence-corrected chi connectivity index (χ4v) is 4.62. The number of hydrogen-bond acceptors (Lipinski definition) is 4. The van der Waals surface area contributed by atoms with Gasteiger partial charge in [0, 0.05) is 25.1 Å². The normalized spacial score (nSPS) is 18.1. The van der Waals surface area contributed by atoms with Gasteiger partial charge in [-0.25, -0.2) is 9.40 Å². The molecule has 0 radical (unpaired) electrons. The molecule has 3 aromatic carbocycles. The van der Waals surface area contributed by atoms with E-state index in [0.717, 1.165) is 30.8 Å². The van der Waals surface area contributed by atoms with E-state index < -0.39 is 0 Å². The Kier molecular flexibility index (Phi) is 5.92. The molecule has 0 fully saturated rings. The molecule has 0 saturated carbocycles. The molecule has 168 valence electrons. The standard InChI is InChI=1S/C27H26FN3O2/c1-33-24-11-9-20(10-12-24)26-16-25(21-7-4-8-23(28)15-21)29-31(26)27(32)18-30-14-13-19-5-2-3-6-22(19)17-30/h2-12,15,26H,13-14,16-18H2,1H3. The number of halogens is 1. The highest BCUT2D eigenvalue weighted by molar-refractivity contribution is 6.03. The molecule has 1 unspecified atom stereocenters. The lowest BCUT2D eigenvalue weighted by atomic mass is 9.98. The molecule has 0 bridgehead atoms. The molecular weight excluding hydrogens is 417 g/mol. The van der Waals surface area contributed by atoms with E-state index in [1.807, 2.05) is 36.4 Å². The highest BCUT2D eigenvalue weighted by atomic mass is 19.1. The van der Waals surface area contributed by atoms with Gasteiger partial charge in [0.25, 0.3) is 5.91 Å². The Balaban J connectivity index is 1.40. The first-order chi connectivity index (χ1) is 16.1. The van der Waals surface area contributed by atoms with Gasteiger partial charge in [0.1, 0.15) is 11.6 Å². The van der Waals surface area contributed by atoms with E-state index in [9.17, 15) is 9.18 Å². The van der Waals surface area contributed by atoms with Gasteiger partial charge in [-0.1, -0.05) is 48.5 Å². The maximum absolute atomic E-state index is 13.9. The number of carbonyl (C=O) groups excluding carboxylic acids is 1. The second-order valence-corrected chi connectivity index (χ2v) is 8.52. The zero-order chi connectivity index (χ0) is 22.8. The van der Waals surface area contributed by atoms with Gasteiger partial charge in [-0.3, -0.25) is 9.69 Å². The summed E-state index contributed by atoms with van der Waals surface area (Å²) in [5, 5.41) is 6.27. The van der Waals surface area contributed by atoms with Crippen LogP contribution >= 0.6 is 0 Å². The highest BCUT2D eigenvalue weighted by Crippen LogP contribution is 2.34. The molecule has 2 aliphatic rings. The average molecular weight is 444 g/mol. The fraction of sp³-hybridized carbons (Fsp3) is 0.259. The lowest BCUT2D eigenvalue weighted by molar-refractivity contribution is -0.134. The van der Waals surface area contributed by atoms with Crippen molar-refractivity contribution < 1.29 is 13.9 Å². The lowest BCUT2D eigenvalue weighted by Crippen LogP contribution is -2.40. The number of hydrazone groups is 1. The molecule has 2 heterocycles. The second kappa shape index (κ2) is 9.16. The summed E-state index contributed by atoms with van der Waals surface area (Å²) in [6, 6.07) is 22.2. The summed E-state index contributed by atoms with van der Waals surface area (Å²) in [7, 11) is 1.63. The Labute approximate surface area is 193 Å². The van der Waals surface area contributed by atoms with Crippen LogP contribution in [0.15, 0.2) is 77.9 Å². The number of ether oxygens (including phenoxy) is 1. The molecule has 3 aromatic rings. The van der Waals surface area contributed by atoms with Gasteiger partial charge < -0.3 is 4.74 Å². The minimum atomic E-state index is -0.312. The van der Waals surface area contributed by atoms with E-state index in [4.69, 9.17) is 4.74 Å². The number of nitrogens with zero attached hydrogens (tertiary/aromatic N) is 3. The minimum absolute atomic E-state index is 0.0541. The van der Waals surface area contributed by atoms with Gasteiger partial charge in [-0.05, 0) is 47.4 Å². The van der Waals surface area contributed by atoms with Crippen molar-refractivity contribution in [2.45, 2.75) is 25.4 Å². The van der Waals surface area contributed by atoms with Gasteiger partial charge in [0.2, 0.25) is 0 Å². The van der Waals surface area contributed by atoms with Crippen molar-refractivity contribution in [3.05, 3.63) is 101 Å². The SMILES string of the molecule is COc1ccc(C2CC(c3cccc(F)c3)=NN2C(=O)CN2CCc3ccccc3C2)cc1. The third-order valence-electron chi connectivity index (χ3n) is 6.39. The molecule has 5 nitrogen and oxygen atoms in total. The minimum Gasteiger partial charge on any atom is -0.497 e. The van der Waals surface area contributed by atoms with Crippen LogP contribution in [0.1, 0.15) is 34.7 Å². The van der Waals surface area contributed by atoms with Crippen molar-refractivity contribution in [1.29, 1.82) is 0 Å². The summed E-state index contributed by atoms with van der Waals surface area (Å²) in [5.74, 6) is 0.391. The van der Waals surface area contributed by atoms with Crippen molar-refractivity contribution in [1.82, 2.24) is 9.91 Å². The first-order valence-corrected chi connectivity index (χ1v) is 11.2. The van der Waals surface area contributed by atoms with Crippen LogP contribution in [0.4, 0.5) is 4.39 Å². The van der Waals surface area contributed by atoms with Crippen molar-refractivity contribution in [3.63, 3.8) is 0 Å². The van der Waals surface area contributed by atoms with Crippen LogP contribution in [0.3, 0.4) is 0 Å². The summed E-state index contributed by atoms with van der Waals surface area (Å²) in [6.07, 6.45) is 1.47. The largest absolute Gasteiger partial charge is 0.497 e. The van der Waals surface area contributed by atoms with E-state index in [1.165, 1.54) is 23.3 Å². The molecule has 6 heteroatoms. The molecule has 1 atom stereocenters. The number of methoxy groups -OCH3 is 1. The summed E-state index contributed by atoms with van der Waals surface area (Å²) in [6.45, 7) is 1.88. The fourth-order valence-electron chi connectivity index (χ4n) is 4.62. The monoisotopic (exact) mass is 443 g/mol. The first-order valence-electron chi connectivity index (χ1n) is 11.2. The highest BCUT2D eigenvalue weighted by Gasteiger charge is 2.34. The van der Waals surface area contributed by atoms with Crippen molar-refractivity contribution in [3.8, 4) is 5.75 Å². The first kappa shape index (κ1) is 21.3. The number of amides is 1. The second-order valence-electron chi connectivity index (χ2n) is 8.52. The number of benzene rings is 3. The number of carbonyl (C=O) groups is 1. The molecule has 1 amide bonds. The number of hydrogen-bond donors (Lipinski definition) is 0. The quantitative estimate of drug-likeness (QED) is 0.580. The Bertz CT molecular complexity index is 1190. The van der Waals surface area contributed by atoms with E-state index >= 15 is 0 Å². The molecule has 0 aromatic heterocycles. The van der Waals surface area contributed by atoms with Crippen LogP contribution in [0.2, 0.25) is 0 Å². The topological polar surface area (TPSA) is 45.1 Å². The predicted molar refractivity (Wildman–Crippen MR) is 126 cm³/mol. The van der Waals surface area contributed by atoms with E-state index in [0.29, 0.717) is 24.2 Å². The molecule has 0 saturated heterocycles. The van der Waals surface area contributed by atoms with Crippen LogP contribution in [-0.4, -0.2) is 41.7 Å². The predicted octanol–water partition coefficient (Wildman–Crippen LogP) is 4.57. The summed E-state index contributed by atoms with van der Waals surface area (Å²) >= 11 is 0. The average Bonchev–Trinajstić information content (AvgIpc) is 3.30. The lowest BCUT2D eigenvalue weighted by Gasteiger charge is -2.30. The van der Waals surface area contributed by atoms with Crippen LogP contribution < -0.4 is 4.74 Å². The Hall–Kier alpha value is -3.51. The molecule has 0 aliphatic carbocycles. The third kappa shape index (κ3) is 4.52. The summed E-state index contributed by atoms with van der Waals surface area (Å²) in [5.41, 5.74) is 5.02. The molecule has 2 aliphatic heterocycles. The van der Waals surface area contributed by atoms with Crippen LogP contribution in [0.5, 0.6) is 5.75 Å². The molecule has 33 heavy (non-hydrogen) atoms. The van der Waals surface area contributed by atoms with Crippen LogP contribution in [0, 0.1) is 5.82 Å². The summed E-state index contributed by atoms with van der Waals surface area (Å²) < 4.78 is 19.1. The van der Waals surface area contributed by atoms with Crippen molar-refractivity contribution >= 4 is 11.6 Å². The van der Waals surface area contributed by atoms with E-state index in [1.54, 1.807) is 18.2 Å². The zero-order valence-corrected chi connectivity index (χ0v) is 18.6. The van der Waals surface area contributed by atoms with Gasteiger partial charge in [-0.2, -0.15) is 5.10 Å². The molecule has 5 rings (SSSR count). The van der Waals surface area contributed by atoms with Crippen LogP contribution in [-0.2, 0) is 17.8 Å². The molecular formula is C27H26FN3O2. The van der Waals surface area contributed by atoms with Crippen molar-refractivity contribution in [2.75, 3.05) is 20.2 Å². The van der Waals surface area contributed by atoms with E-state index in [-0.39, 0.29) is 17.8 Å². The van der Waals surface area contributed by atoms with Gasteiger partial charge in [-0.15, -0.1) is 0 Å². The number of rotatable bonds is 5. The van der Waals surface area contributed by atoms with Gasteiger partial charge >= 0.3 is 0 Å². The van der Waals surface area contributed by atoms with E-state index in [2.05, 4.69) is 28.2 Å². The zero-order valence-electron chi connectivity index (χ0n) is 18.6. The van der Waals surface area contributed by atoms with Gasteiger partial charge in [0.05, 0.1) is 25.4 Å². The Morgan fingerprint density at radius 3 is 2.61 bits per heavy atom. The van der Waals surface area contributed by atoms with Gasteiger partial charge in [0.15, 0.2) is 0 Å². The maximum Gasteiger partial charge on any atom is 0.257 e. The van der Waals surface area contributed by atoms with Crippen molar-refractivity contribution in [2.24, 2.45) is 5.10 Å². The molecule has 0 N–H and O–H groups in total. The Morgan fingerprint density at radius 2 is 1.85 bits per heavy atom. The smallest absolute Gasteiger partial charge is 0.257 e. The Morgan fingerprint density at radius 1 is 1.06 bits per heavy atom. The third-order valence-corrected chi connectivity index (χ3v) is 6.39. The summed E-state index contributed by atoms with van der Waals surface area (Å²) in [4.78, 5) is 15.6. The number of fused-ring (bicyclic) bond motifs is 1. The molecule has 0 spiro atoms. The van der Waals surface area contributed by atoms with Crippen LogP contribution in [0.25, 0.3) is 0 Å². The maximum atomic E-state index is 13.9.